The van der Waals surface area contributed by atoms with Crippen LogP contribution in [0.15, 0.2) is 194 Å². The number of aromatic nitrogens is 12. The van der Waals surface area contributed by atoms with Crippen LogP contribution in [-0.4, -0.2) is 77.4 Å². The van der Waals surface area contributed by atoms with Crippen molar-refractivity contribution in [1.29, 1.82) is 0 Å². The maximum absolute atomic E-state index is 4.85. The number of allylic oxidation sites excluding steroid dienone is 5. The summed E-state index contributed by atoms with van der Waals surface area (Å²) in [5.41, 5.74) is 25.1. The van der Waals surface area contributed by atoms with E-state index in [0.717, 1.165) is 149 Å². The molecule has 0 fully saturated rings. The molecule has 9 heterocycles. The molecule has 2 aromatic carbocycles. The van der Waals surface area contributed by atoms with E-state index in [1.165, 1.54) is 39.8 Å². The topological polar surface area (TPSA) is 165 Å². The quantitative estimate of drug-likeness (QED) is 0.112. The molecule has 0 bridgehead atoms. The Bertz CT molecular complexity index is 4380. The number of fused-ring (bicyclic) bond motifs is 6. The van der Waals surface area contributed by atoms with Gasteiger partial charge >= 0.3 is 0 Å². The summed E-state index contributed by atoms with van der Waals surface area (Å²) in [5.74, 6) is 2.94. The Morgan fingerprint density at radius 1 is 0.489 bits per heavy atom. The van der Waals surface area contributed by atoms with Crippen LogP contribution in [0, 0.1) is 20.8 Å². The van der Waals surface area contributed by atoms with E-state index in [-0.39, 0.29) is 0 Å². The lowest BCUT2D eigenvalue weighted by atomic mass is 9.88. The molecule has 2 unspecified atom stereocenters. The molecule has 0 spiro atoms. The summed E-state index contributed by atoms with van der Waals surface area (Å²) in [4.78, 5) is 27.2. The van der Waals surface area contributed by atoms with Crippen molar-refractivity contribution in [2.24, 2.45) is 0 Å². The fourth-order valence-electron chi connectivity index (χ4n) is 12.6. The standard InChI is InChI=1S/C25H23N5.C23H21N5.C21H21N5.3C2H6/c1-16-14-27-30-24(13-23(29-25(16)30)19-6-4-10-26-15-19)28-20-9-8-18-11-17-5-2-3-7-21(17)22(18)12-20;1-16-14-26-28-22(13-21(27-23(16)28)19-6-4-11-24-15-19)25-12-10-18-9-8-17-5-2-3-7-20(17)18;1-14-12-23-26-20(24-18-8-7-15-4-2-5-16(15)10-18)11-19(25-21(14)26)17-6-3-9-22-13-17;3*1-2/h2-7,10,13-15,20,28H,8-9,11-12H2,1H3;2-7,9,11,13-15,25H,8,10,12H2,1H3;2-3,5-6,9,11-13,18,24H,4,7-8,10H2,1H3;3*1-2H3. The average molecular weight is 1190 g/mol. The van der Waals surface area contributed by atoms with E-state index in [4.69, 9.17) is 15.0 Å². The van der Waals surface area contributed by atoms with E-state index in [9.17, 15) is 0 Å². The highest BCUT2D eigenvalue weighted by Crippen LogP contribution is 2.43. The number of benzene rings is 2. The fourth-order valence-corrected chi connectivity index (χ4v) is 12.6. The van der Waals surface area contributed by atoms with Crippen molar-refractivity contribution in [3.63, 3.8) is 0 Å². The van der Waals surface area contributed by atoms with Crippen molar-refractivity contribution < 1.29 is 0 Å². The van der Waals surface area contributed by atoms with E-state index in [2.05, 4.69) is 138 Å². The highest BCUT2D eigenvalue weighted by atomic mass is 15.3. The lowest BCUT2D eigenvalue weighted by Gasteiger charge is -2.26. The van der Waals surface area contributed by atoms with Gasteiger partial charge in [0.1, 0.15) is 17.5 Å². The lowest BCUT2D eigenvalue weighted by molar-refractivity contribution is 0.605. The summed E-state index contributed by atoms with van der Waals surface area (Å²) in [7, 11) is 0. The van der Waals surface area contributed by atoms with Gasteiger partial charge in [-0.25, -0.2) is 15.0 Å². The summed E-state index contributed by atoms with van der Waals surface area (Å²) in [6, 6.07) is 36.5. The Balaban J connectivity index is 0.000000134. The van der Waals surface area contributed by atoms with Gasteiger partial charge in [0.05, 0.1) is 35.7 Å². The number of hydrogen-bond donors (Lipinski definition) is 3. The van der Waals surface area contributed by atoms with Gasteiger partial charge in [-0.3, -0.25) is 15.0 Å². The predicted molar refractivity (Wildman–Crippen MR) is 369 cm³/mol. The van der Waals surface area contributed by atoms with Crippen LogP contribution in [0.4, 0.5) is 17.5 Å². The van der Waals surface area contributed by atoms with Crippen molar-refractivity contribution in [3.8, 4) is 33.8 Å². The molecule has 5 aliphatic carbocycles. The van der Waals surface area contributed by atoms with Gasteiger partial charge < -0.3 is 16.0 Å². The van der Waals surface area contributed by atoms with E-state index in [1.54, 1.807) is 35.3 Å². The first-order chi connectivity index (χ1) is 44.3. The first-order valence-corrected chi connectivity index (χ1v) is 32.3. The molecule has 0 saturated heterocycles. The Morgan fingerprint density at radius 2 is 0.967 bits per heavy atom. The van der Waals surface area contributed by atoms with E-state index >= 15 is 0 Å². The van der Waals surface area contributed by atoms with Crippen LogP contribution in [-0.2, 0) is 12.8 Å². The van der Waals surface area contributed by atoms with Crippen LogP contribution < -0.4 is 16.0 Å². The van der Waals surface area contributed by atoms with Gasteiger partial charge in [-0.15, -0.1) is 0 Å². The van der Waals surface area contributed by atoms with Crippen LogP contribution in [0.2, 0.25) is 0 Å². The molecule has 458 valence electrons. The minimum atomic E-state index is 0.381. The summed E-state index contributed by atoms with van der Waals surface area (Å²) in [6.45, 7) is 19.0. The van der Waals surface area contributed by atoms with Crippen LogP contribution in [0.25, 0.3) is 61.9 Å². The molecule has 0 saturated carbocycles. The summed E-state index contributed by atoms with van der Waals surface area (Å²) in [6.07, 6.45) is 34.5. The molecule has 11 aromatic rings. The molecule has 2 atom stereocenters. The van der Waals surface area contributed by atoms with Crippen LogP contribution in [0.5, 0.6) is 0 Å². The Labute approximate surface area is 529 Å². The van der Waals surface area contributed by atoms with Crippen molar-refractivity contribution in [2.45, 2.75) is 139 Å². The number of rotatable bonds is 11. The Hall–Kier alpha value is -9.89. The summed E-state index contributed by atoms with van der Waals surface area (Å²) < 4.78 is 5.73. The molecule has 90 heavy (non-hydrogen) atoms. The van der Waals surface area contributed by atoms with Crippen LogP contribution in [0.3, 0.4) is 0 Å². The van der Waals surface area contributed by atoms with Crippen LogP contribution in [0.1, 0.15) is 132 Å². The molecular formula is C75H83N15. The zero-order valence-corrected chi connectivity index (χ0v) is 53.5. The van der Waals surface area contributed by atoms with Gasteiger partial charge in [0.2, 0.25) is 0 Å². The molecule has 3 N–H and O–H groups in total. The zero-order chi connectivity index (χ0) is 62.5. The second kappa shape index (κ2) is 29.0. The minimum absolute atomic E-state index is 0.381. The maximum atomic E-state index is 4.85. The first-order valence-electron chi connectivity index (χ1n) is 32.3. The highest BCUT2D eigenvalue weighted by molar-refractivity contribution is 5.78. The van der Waals surface area contributed by atoms with Gasteiger partial charge in [-0.2, -0.15) is 28.8 Å². The second-order valence-corrected chi connectivity index (χ2v) is 22.6. The number of nitrogens with one attached hydrogen (secondary N) is 3. The van der Waals surface area contributed by atoms with Gasteiger partial charge in [-0.05, 0) is 160 Å². The number of hydrogen-bond acceptors (Lipinski definition) is 12. The van der Waals surface area contributed by atoms with Crippen molar-refractivity contribution >= 4 is 45.5 Å². The monoisotopic (exact) mass is 1190 g/mol. The molecule has 0 amide bonds. The largest absolute Gasteiger partial charge is 0.370 e. The SMILES string of the molecule is CC.CC.CC.Cc1cnn2c(NC3CCC4=C(C3)c3ccccc3C4)cc(-c3cccnc3)nc12.Cc1cnn2c(NC3CCC4=C(C=CC4)C3)cc(-c3cccnc3)nc12.Cc1cnn2c(NCCC3=CCc4ccccc43)cc(-c3cccnc3)nc12. The summed E-state index contributed by atoms with van der Waals surface area (Å²) >= 11 is 0. The third-order valence-electron chi connectivity index (χ3n) is 17.0. The highest BCUT2D eigenvalue weighted by Gasteiger charge is 2.29. The number of aryl methyl sites for hydroxylation is 3. The van der Waals surface area contributed by atoms with Crippen LogP contribution >= 0.6 is 0 Å². The third-order valence-corrected chi connectivity index (χ3v) is 17.0. The van der Waals surface area contributed by atoms with Crippen molar-refractivity contribution in [1.82, 2.24) is 58.7 Å². The minimum Gasteiger partial charge on any atom is -0.370 e. The van der Waals surface area contributed by atoms with E-state index in [0.29, 0.717) is 12.1 Å². The van der Waals surface area contributed by atoms with E-state index in [1.807, 2.05) is 143 Å². The number of anilines is 3. The third kappa shape index (κ3) is 13.4. The lowest BCUT2D eigenvalue weighted by Crippen LogP contribution is -2.24. The predicted octanol–water partition coefficient (Wildman–Crippen LogP) is 17.0. The fraction of sp³-hybridized carbons (Fsp3) is 0.293. The molecule has 5 aliphatic rings. The molecule has 16 rings (SSSR count). The Kier molecular flexibility index (Phi) is 19.9. The molecule has 15 heteroatoms. The molecule has 9 aromatic heterocycles. The normalized spacial score (nSPS) is 15.7. The zero-order valence-electron chi connectivity index (χ0n) is 53.5. The van der Waals surface area contributed by atoms with Crippen molar-refractivity contribution in [2.75, 3.05) is 22.5 Å². The maximum Gasteiger partial charge on any atom is 0.160 e. The second-order valence-electron chi connectivity index (χ2n) is 22.6. The van der Waals surface area contributed by atoms with Gasteiger partial charge in [0, 0.05) is 107 Å². The smallest absolute Gasteiger partial charge is 0.160 e. The van der Waals surface area contributed by atoms with Gasteiger partial charge in [0.15, 0.2) is 16.9 Å². The van der Waals surface area contributed by atoms with E-state index < -0.39 is 0 Å². The average Bonchev–Trinajstić information content (AvgIpc) is 1.83. The molecular weight excluding hydrogens is 1110 g/mol. The van der Waals surface area contributed by atoms with Crippen molar-refractivity contribution in [3.05, 3.63) is 233 Å². The summed E-state index contributed by atoms with van der Waals surface area (Å²) in [5, 5.41) is 24.7. The number of pyridine rings is 3. The molecule has 15 nitrogen and oxygen atoms in total. The molecule has 0 aliphatic heterocycles. The Morgan fingerprint density at radius 3 is 1.50 bits per heavy atom. The van der Waals surface area contributed by atoms with Gasteiger partial charge in [-0.1, -0.05) is 119 Å². The number of nitrogens with zero attached hydrogens (tertiary/aromatic N) is 12. The van der Waals surface area contributed by atoms with Gasteiger partial charge in [0.25, 0.3) is 0 Å². The first kappa shape index (κ1) is 61.7. The molecule has 0 radical (unpaired) electrons.